The van der Waals surface area contributed by atoms with Crippen molar-refractivity contribution < 1.29 is 4.79 Å². The molecule has 1 saturated heterocycles. The molecule has 2 aliphatic heterocycles. The van der Waals surface area contributed by atoms with Crippen LogP contribution in [0.5, 0.6) is 0 Å². The highest BCUT2D eigenvalue weighted by atomic mass is 16.2. The van der Waals surface area contributed by atoms with Gasteiger partial charge in [-0.2, -0.15) is 0 Å². The van der Waals surface area contributed by atoms with Gasteiger partial charge in [0.25, 0.3) is 5.91 Å². The van der Waals surface area contributed by atoms with Gasteiger partial charge in [0.05, 0.1) is 11.3 Å². The van der Waals surface area contributed by atoms with E-state index >= 15 is 0 Å². The number of nitrogens with one attached hydrogen (secondary N) is 1. The van der Waals surface area contributed by atoms with Crippen molar-refractivity contribution in [2.45, 2.75) is 25.9 Å². The zero-order chi connectivity index (χ0) is 13.6. The molecule has 19 heavy (non-hydrogen) atoms. The summed E-state index contributed by atoms with van der Waals surface area (Å²) in [6.07, 6.45) is 0.947. The van der Waals surface area contributed by atoms with Crippen LogP contribution >= 0.6 is 0 Å². The predicted octanol–water partition coefficient (Wildman–Crippen LogP) is 1.60. The summed E-state index contributed by atoms with van der Waals surface area (Å²) in [7, 11) is 1.93. The second-order valence-electron chi connectivity index (χ2n) is 5.70. The van der Waals surface area contributed by atoms with E-state index in [-0.39, 0.29) is 11.6 Å². The maximum atomic E-state index is 12.7. The highest BCUT2D eigenvalue weighted by Crippen LogP contribution is 2.39. The van der Waals surface area contributed by atoms with Crippen LogP contribution < -0.4 is 10.2 Å². The van der Waals surface area contributed by atoms with E-state index in [0.717, 1.165) is 42.9 Å². The molecule has 1 aromatic rings. The third-order valence-corrected chi connectivity index (χ3v) is 4.65. The Bertz CT molecular complexity index is 528. The Hall–Kier alpha value is -1.55. The molecular weight excluding hydrogens is 238 g/mol. The number of fused-ring (bicyclic) bond motifs is 3. The molecule has 4 nitrogen and oxygen atoms in total. The van der Waals surface area contributed by atoms with Crippen LogP contribution in [0.25, 0.3) is 0 Å². The van der Waals surface area contributed by atoms with E-state index in [1.165, 1.54) is 0 Å². The third kappa shape index (κ3) is 1.66. The minimum absolute atomic E-state index is 0.147. The second-order valence-corrected chi connectivity index (χ2v) is 5.70. The van der Waals surface area contributed by atoms with Crippen molar-refractivity contribution in [3.63, 3.8) is 0 Å². The van der Waals surface area contributed by atoms with Crippen molar-refractivity contribution >= 4 is 11.6 Å². The molecule has 2 heterocycles. The highest BCUT2D eigenvalue weighted by molar-refractivity contribution is 6.03. The maximum absolute atomic E-state index is 12.7. The van der Waals surface area contributed by atoms with Crippen molar-refractivity contribution in [3.8, 4) is 0 Å². The van der Waals surface area contributed by atoms with Gasteiger partial charge in [0.1, 0.15) is 5.66 Å². The van der Waals surface area contributed by atoms with Gasteiger partial charge in [0, 0.05) is 26.6 Å². The molecule has 0 radical (unpaired) electrons. The van der Waals surface area contributed by atoms with Crippen LogP contribution in [-0.4, -0.2) is 43.2 Å². The fourth-order valence-corrected chi connectivity index (χ4v) is 3.29. The third-order valence-electron chi connectivity index (χ3n) is 4.65. The number of rotatable bonds is 0. The van der Waals surface area contributed by atoms with Crippen molar-refractivity contribution in [1.29, 1.82) is 0 Å². The Labute approximate surface area is 114 Å². The van der Waals surface area contributed by atoms with Gasteiger partial charge in [-0.25, -0.2) is 0 Å². The SMILES string of the molecule is Cc1cccc2c1C(=O)N(C)[C@]1(C)CCNCCN21. The average molecular weight is 259 g/mol. The lowest BCUT2D eigenvalue weighted by Gasteiger charge is -2.51. The molecule has 4 heteroatoms. The van der Waals surface area contributed by atoms with Crippen LogP contribution in [0.4, 0.5) is 5.69 Å². The number of amides is 1. The highest BCUT2D eigenvalue weighted by Gasteiger charge is 2.45. The molecule has 0 aromatic heterocycles. The van der Waals surface area contributed by atoms with Gasteiger partial charge >= 0.3 is 0 Å². The molecule has 1 atom stereocenters. The van der Waals surface area contributed by atoms with E-state index in [4.69, 9.17) is 0 Å². The number of carbonyl (C=O) groups is 1. The zero-order valence-corrected chi connectivity index (χ0v) is 11.9. The first-order valence-corrected chi connectivity index (χ1v) is 6.92. The van der Waals surface area contributed by atoms with Crippen LogP contribution in [0.3, 0.4) is 0 Å². The molecule has 1 N–H and O–H groups in total. The van der Waals surface area contributed by atoms with Gasteiger partial charge in [-0.1, -0.05) is 12.1 Å². The van der Waals surface area contributed by atoms with E-state index in [0.29, 0.717) is 0 Å². The van der Waals surface area contributed by atoms with Gasteiger partial charge in [0.2, 0.25) is 0 Å². The summed E-state index contributed by atoms with van der Waals surface area (Å²) in [6.45, 7) is 7.04. The lowest BCUT2D eigenvalue weighted by Crippen LogP contribution is -2.63. The summed E-state index contributed by atoms with van der Waals surface area (Å²) < 4.78 is 0. The number of aryl methyl sites for hydroxylation is 1. The number of nitrogens with zero attached hydrogens (tertiary/aromatic N) is 2. The van der Waals surface area contributed by atoms with Crippen LogP contribution in [0.2, 0.25) is 0 Å². The van der Waals surface area contributed by atoms with Gasteiger partial charge in [-0.15, -0.1) is 0 Å². The van der Waals surface area contributed by atoms with Gasteiger partial charge < -0.3 is 15.1 Å². The minimum Gasteiger partial charge on any atom is -0.347 e. The lowest BCUT2D eigenvalue weighted by atomic mass is 9.93. The first-order valence-electron chi connectivity index (χ1n) is 6.92. The Balaban J connectivity index is 2.20. The first-order chi connectivity index (χ1) is 9.05. The molecule has 1 aromatic carbocycles. The van der Waals surface area contributed by atoms with E-state index in [9.17, 15) is 4.79 Å². The second kappa shape index (κ2) is 4.23. The quantitative estimate of drug-likeness (QED) is 0.768. The number of benzene rings is 1. The van der Waals surface area contributed by atoms with Gasteiger partial charge in [-0.05, 0) is 32.0 Å². The molecular formula is C15H21N3O. The molecule has 2 aliphatic rings. The summed E-state index contributed by atoms with van der Waals surface area (Å²) in [6, 6.07) is 6.14. The summed E-state index contributed by atoms with van der Waals surface area (Å²) in [5.74, 6) is 0.147. The first kappa shape index (κ1) is 12.5. The minimum atomic E-state index is -0.221. The monoisotopic (exact) mass is 259 g/mol. The molecule has 0 unspecified atom stereocenters. The molecule has 1 fully saturated rings. The standard InChI is InChI=1S/C15H21N3O/c1-11-5-4-6-12-13(11)14(19)17(3)15(2)7-8-16-9-10-18(12)15/h4-6,16H,7-10H2,1-3H3/t15-/m0/s1. The molecule has 0 aliphatic carbocycles. The largest absolute Gasteiger partial charge is 0.347 e. The number of hydrogen-bond acceptors (Lipinski definition) is 3. The summed E-state index contributed by atoms with van der Waals surface area (Å²) in [5, 5.41) is 3.43. The van der Waals surface area contributed by atoms with Gasteiger partial charge in [-0.3, -0.25) is 4.79 Å². The summed E-state index contributed by atoms with van der Waals surface area (Å²) in [5.41, 5.74) is 2.80. The number of hydrogen-bond donors (Lipinski definition) is 1. The van der Waals surface area contributed by atoms with Gasteiger partial charge in [0.15, 0.2) is 0 Å². The molecule has 1 amide bonds. The van der Waals surface area contributed by atoms with E-state index in [2.05, 4.69) is 23.2 Å². The number of anilines is 1. The predicted molar refractivity (Wildman–Crippen MR) is 76.5 cm³/mol. The van der Waals surface area contributed by atoms with Crippen molar-refractivity contribution in [1.82, 2.24) is 10.2 Å². The fraction of sp³-hybridized carbons (Fsp3) is 0.533. The Morgan fingerprint density at radius 2 is 2.11 bits per heavy atom. The van der Waals surface area contributed by atoms with E-state index in [1.807, 2.05) is 31.0 Å². The van der Waals surface area contributed by atoms with Crippen molar-refractivity contribution in [2.24, 2.45) is 0 Å². The van der Waals surface area contributed by atoms with Crippen molar-refractivity contribution in [2.75, 3.05) is 31.6 Å². The van der Waals surface area contributed by atoms with Crippen LogP contribution in [0.15, 0.2) is 18.2 Å². The Morgan fingerprint density at radius 1 is 1.32 bits per heavy atom. The Kier molecular flexibility index (Phi) is 2.78. The van der Waals surface area contributed by atoms with Crippen LogP contribution in [0.1, 0.15) is 29.3 Å². The van der Waals surface area contributed by atoms with E-state index in [1.54, 1.807) is 0 Å². The fourth-order valence-electron chi connectivity index (χ4n) is 3.29. The van der Waals surface area contributed by atoms with Crippen molar-refractivity contribution in [3.05, 3.63) is 29.3 Å². The Morgan fingerprint density at radius 3 is 2.89 bits per heavy atom. The molecule has 102 valence electrons. The lowest BCUT2D eigenvalue weighted by molar-refractivity contribution is 0.0545. The topological polar surface area (TPSA) is 35.6 Å². The van der Waals surface area contributed by atoms with Crippen LogP contribution in [-0.2, 0) is 0 Å². The summed E-state index contributed by atoms with van der Waals surface area (Å²) >= 11 is 0. The normalized spacial score (nSPS) is 26.8. The average Bonchev–Trinajstić information content (AvgIpc) is 2.59. The molecule has 0 spiro atoms. The maximum Gasteiger partial charge on any atom is 0.257 e. The molecule has 0 bridgehead atoms. The summed E-state index contributed by atoms with van der Waals surface area (Å²) in [4.78, 5) is 17.0. The van der Waals surface area contributed by atoms with E-state index < -0.39 is 0 Å². The smallest absolute Gasteiger partial charge is 0.257 e. The molecule has 0 saturated carbocycles. The zero-order valence-electron chi connectivity index (χ0n) is 11.9. The molecule has 3 rings (SSSR count). The van der Waals surface area contributed by atoms with Crippen LogP contribution in [0, 0.1) is 6.92 Å². The number of carbonyl (C=O) groups excluding carboxylic acids is 1.